The van der Waals surface area contributed by atoms with Gasteiger partial charge in [-0.15, -0.1) is 0 Å². The molecule has 0 spiro atoms. The van der Waals surface area contributed by atoms with Crippen molar-refractivity contribution in [2.45, 2.75) is 13.0 Å². The molecule has 0 radical (unpaired) electrons. The topological polar surface area (TPSA) is 86.6 Å². The van der Waals surface area contributed by atoms with Crippen LogP contribution in [0, 0.1) is 0 Å². The summed E-state index contributed by atoms with van der Waals surface area (Å²) in [5, 5.41) is 19.3. The van der Waals surface area contributed by atoms with E-state index in [4.69, 9.17) is 10.2 Å². The van der Waals surface area contributed by atoms with Gasteiger partial charge in [0.25, 0.3) is 0 Å². The maximum absolute atomic E-state index is 10.9. The number of hydrogen-bond donors (Lipinski definition) is 3. The highest BCUT2D eigenvalue weighted by Gasteiger charge is 2.12. The van der Waals surface area contributed by atoms with Crippen LogP contribution in [0.5, 0.6) is 0 Å². The van der Waals surface area contributed by atoms with Gasteiger partial charge in [0.05, 0.1) is 6.54 Å². The summed E-state index contributed by atoms with van der Waals surface area (Å²) in [6.45, 7) is 1.50. The highest BCUT2D eigenvalue weighted by molar-refractivity contribution is 5.88. The molecule has 0 saturated heterocycles. The van der Waals surface area contributed by atoms with Gasteiger partial charge in [-0.05, 0) is 6.92 Å². The van der Waals surface area contributed by atoms with E-state index < -0.39 is 18.0 Å². The van der Waals surface area contributed by atoms with Gasteiger partial charge >= 0.3 is 5.97 Å². The molecule has 5 nitrogen and oxygen atoms in total. The van der Waals surface area contributed by atoms with Crippen molar-refractivity contribution in [3.05, 3.63) is 24.3 Å². The number of allylic oxidation sites excluding steroid dienone is 3. The van der Waals surface area contributed by atoms with Gasteiger partial charge in [-0.25, -0.2) is 4.79 Å². The van der Waals surface area contributed by atoms with Crippen molar-refractivity contribution >= 4 is 11.9 Å². The fourth-order valence-corrected chi connectivity index (χ4v) is 0.598. The number of nitrogens with one attached hydrogen (secondary N) is 1. The molecule has 1 atom stereocenters. The summed E-state index contributed by atoms with van der Waals surface area (Å²) in [4.78, 5) is 21.1. The van der Waals surface area contributed by atoms with Crippen LogP contribution in [0.15, 0.2) is 24.3 Å². The molecular formula is C9H13NO4. The zero-order valence-electron chi connectivity index (χ0n) is 7.80. The second-order valence-electron chi connectivity index (χ2n) is 2.48. The van der Waals surface area contributed by atoms with Crippen LogP contribution in [-0.4, -0.2) is 34.7 Å². The van der Waals surface area contributed by atoms with Crippen molar-refractivity contribution < 1.29 is 19.8 Å². The summed E-state index contributed by atoms with van der Waals surface area (Å²) in [6, 6.07) is 0. The lowest BCUT2D eigenvalue weighted by Crippen LogP contribution is -2.35. The summed E-state index contributed by atoms with van der Waals surface area (Å²) in [7, 11) is 0. The molecule has 3 N–H and O–H groups in total. The smallest absolute Gasteiger partial charge is 0.334 e. The minimum absolute atomic E-state index is 0.297. The lowest BCUT2D eigenvalue weighted by Gasteiger charge is -2.04. The highest BCUT2D eigenvalue weighted by atomic mass is 16.4. The normalized spacial score (nSPS) is 13.3. The molecule has 1 amide bonds. The lowest BCUT2D eigenvalue weighted by molar-refractivity contribution is -0.146. The standard InChI is InChI=1S/C9H13NO4/c1-2-3-4-5-8(12)10-6-7(11)9(13)14/h2-5,7,11H,6H2,1H3,(H,10,12)(H,13,14). The zero-order valence-corrected chi connectivity index (χ0v) is 7.80. The van der Waals surface area contributed by atoms with Gasteiger partial charge in [0.2, 0.25) is 5.91 Å². The molecule has 0 aromatic rings. The lowest BCUT2D eigenvalue weighted by atomic mass is 10.3. The van der Waals surface area contributed by atoms with Crippen LogP contribution in [-0.2, 0) is 9.59 Å². The van der Waals surface area contributed by atoms with E-state index in [-0.39, 0.29) is 6.54 Å². The average Bonchev–Trinajstić information content (AvgIpc) is 2.14. The van der Waals surface area contributed by atoms with Gasteiger partial charge in [0.15, 0.2) is 6.10 Å². The van der Waals surface area contributed by atoms with Crippen LogP contribution in [0.3, 0.4) is 0 Å². The summed E-state index contributed by atoms with van der Waals surface area (Å²) >= 11 is 0. The monoisotopic (exact) mass is 199 g/mol. The zero-order chi connectivity index (χ0) is 11.0. The fourth-order valence-electron chi connectivity index (χ4n) is 0.598. The highest BCUT2D eigenvalue weighted by Crippen LogP contribution is 1.81. The van der Waals surface area contributed by atoms with Crippen LogP contribution in [0.2, 0.25) is 0 Å². The third-order valence-corrected chi connectivity index (χ3v) is 1.31. The number of carbonyl (C=O) groups is 2. The number of carboxylic acid groups (broad SMARTS) is 1. The maximum atomic E-state index is 10.9. The first-order valence-electron chi connectivity index (χ1n) is 4.06. The summed E-state index contributed by atoms with van der Waals surface area (Å²) in [5.41, 5.74) is 0. The quantitative estimate of drug-likeness (QED) is 0.418. The van der Waals surface area contributed by atoms with Crippen LogP contribution >= 0.6 is 0 Å². The van der Waals surface area contributed by atoms with Crippen molar-refractivity contribution in [2.24, 2.45) is 0 Å². The Morgan fingerprint density at radius 3 is 2.57 bits per heavy atom. The van der Waals surface area contributed by atoms with Crippen LogP contribution in [0.25, 0.3) is 0 Å². The molecule has 0 aliphatic rings. The van der Waals surface area contributed by atoms with Crippen LogP contribution in [0.4, 0.5) is 0 Å². The Labute approximate surface area is 81.7 Å². The molecule has 0 aliphatic carbocycles. The Morgan fingerprint density at radius 1 is 1.43 bits per heavy atom. The molecule has 0 rings (SSSR count). The molecule has 14 heavy (non-hydrogen) atoms. The second kappa shape index (κ2) is 6.85. The van der Waals surface area contributed by atoms with Crippen molar-refractivity contribution in [2.75, 3.05) is 6.54 Å². The third kappa shape index (κ3) is 5.96. The van der Waals surface area contributed by atoms with Crippen molar-refractivity contribution in [1.82, 2.24) is 5.32 Å². The van der Waals surface area contributed by atoms with Gasteiger partial charge < -0.3 is 15.5 Å². The summed E-state index contributed by atoms with van der Waals surface area (Å²) < 4.78 is 0. The van der Waals surface area contributed by atoms with Crippen molar-refractivity contribution in [3.8, 4) is 0 Å². The molecule has 0 saturated carbocycles. The first kappa shape index (κ1) is 12.4. The van der Waals surface area contributed by atoms with E-state index in [0.717, 1.165) is 0 Å². The van der Waals surface area contributed by atoms with Crippen LogP contribution in [0.1, 0.15) is 6.92 Å². The molecular weight excluding hydrogens is 186 g/mol. The molecule has 0 heterocycles. The van der Waals surface area contributed by atoms with Gasteiger partial charge in [-0.2, -0.15) is 0 Å². The molecule has 0 bridgehead atoms. The number of carboxylic acids is 1. The molecule has 5 heteroatoms. The van der Waals surface area contributed by atoms with E-state index in [2.05, 4.69) is 5.32 Å². The number of amides is 1. The SMILES string of the molecule is CC=CC=CC(=O)NCC(O)C(=O)O. The van der Waals surface area contributed by atoms with Gasteiger partial charge in [-0.3, -0.25) is 4.79 Å². The Hall–Kier alpha value is -1.62. The second-order valence-corrected chi connectivity index (χ2v) is 2.48. The predicted octanol–water partition coefficient (Wildman–Crippen LogP) is -0.320. The summed E-state index contributed by atoms with van der Waals surface area (Å²) in [6.07, 6.45) is 4.61. The van der Waals surface area contributed by atoms with E-state index in [9.17, 15) is 9.59 Å². The van der Waals surface area contributed by atoms with E-state index >= 15 is 0 Å². The predicted molar refractivity (Wildman–Crippen MR) is 50.6 cm³/mol. The van der Waals surface area contributed by atoms with Gasteiger partial charge in [0.1, 0.15) is 0 Å². The number of hydrogen-bond acceptors (Lipinski definition) is 3. The van der Waals surface area contributed by atoms with E-state index in [1.807, 2.05) is 0 Å². The summed E-state index contributed by atoms with van der Waals surface area (Å²) in [5.74, 6) is -1.80. The molecule has 0 aromatic carbocycles. The first-order valence-corrected chi connectivity index (χ1v) is 4.06. The Balaban J connectivity index is 3.80. The van der Waals surface area contributed by atoms with E-state index in [0.29, 0.717) is 0 Å². The van der Waals surface area contributed by atoms with Gasteiger partial charge in [0, 0.05) is 6.08 Å². The molecule has 0 aliphatic heterocycles. The molecule has 0 aromatic heterocycles. The van der Waals surface area contributed by atoms with Crippen molar-refractivity contribution in [3.63, 3.8) is 0 Å². The van der Waals surface area contributed by atoms with Crippen LogP contribution < -0.4 is 5.32 Å². The minimum Gasteiger partial charge on any atom is -0.479 e. The number of aliphatic hydroxyl groups is 1. The van der Waals surface area contributed by atoms with Crippen molar-refractivity contribution in [1.29, 1.82) is 0 Å². The van der Waals surface area contributed by atoms with Gasteiger partial charge in [-0.1, -0.05) is 18.2 Å². The Kier molecular flexibility index (Phi) is 6.06. The number of rotatable bonds is 5. The largest absolute Gasteiger partial charge is 0.479 e. The Morgan fingerprint density at radius 2 is 2.07 bits per heavy atom. The molecule has 1 unspecified atom stereocenters. The number of carbonyl (C=O) groups excluding carboxylic acids is 1. The first-order chi connectivity index (χ1) is 6.57. The molecule has 0 fully saturated rings. The average molecular weight is 199 g/mol. The molecule has 78 valence electrons. The number of aliphatic carboxylic acids is 1. The minimum atomic E-state index is -1.56. The maximum Gasteiger partial charge on any atom is 0.334 e. The fraction of sp³-hybridized carbons (Fsp3) is 0.333. The van der Waals surface area contributed by atoms with E-state index in [1.165, 1.54) is 12.2 Å². The third-order valence-electron chi connectivity index (χ3n) is 1.31. The number of aliphatic hydroxyl groups excluding tert-OH is 1. The Bertz CT molecular complexity index is 258. The van der Waals surface area contributed by atoms with E-state index in [1.54, 1.807) is 19.1 Å².